The van der Waals surface area contributed by atoms with Crippen molar-refractivity contribution < 1.29 is 4.74 Å². The molecule has 0 amide bonds. The number of hydrogen-bond donors (Lipinski definition) is 1. The number of ether oxygens (including phenoxy) is 1. The van der Waals surface area contributed by atoms with E-state index >= 15 is 0 Å². The number of halogens is 1. The van der Waals surface area contributed by atoms with Crippen molar-refractivity contribution in [2.24, 2.45) is 0 Å². The number of nitrogens with zero attached hydrogens (tertiary/aromatic N) is 3. The molecule has 0 atom stereocenters. The second-order valence-electron chi connectivity index (χ2n) is 4.49. The van der Waals surface area contributed by atoms with Crippen molar-refractivity contribution in [1.29, 1.82) is 0 Å². The van der Waals surface area contributed by atoms with Gasteiger partial charge < -0.3 is 10.1 Å². The van der Waals surface area contributed by atoms with Gasteiger partial charge in [-0.05, 0) is 12.1 Å². The van der Waals surface area contributed by atoms with Crippen molar-refractivity contribution in [1.82, 2.24) is 20.3 Å². The Bertz CT molecular complexity index is 553. The van der Waals surface area contributed by atoms with Crippen LogP contribution in [-0.2, 0) is 6.54 Å². The largest absolute Gasteiger partial charge is 0.497 e. The van der Waals surface area contributed by atoms with Gasteiger partial charge in [0.2, 0.25) is 0 Å². The molecule has 5 nitrogen and oxygen atoms in total. The topological polar surface area (TPSA) is 52.0 Å². The highest BCUT2D eigenvalue weighted by Crippen LogP contribution is 2.25. The fourth-order valence-corrected chi connectivity index (χ4v) is 1.87. The minimum absolute atomic E-state index is 0.393. The van der Waals surface area contributed by atoms with Gasteiger partial charge in [0.1, 0.15) is 5.75 Å². The van der Waals surface area contributed by atoms with Crippen LogP contribution in [0.15, 0.2) is 24.4 Å². The summed E-state index contributed by atoms with van der Waals surface area (Å²) in [6, 6.07) is 5.84. The van der Waals surface area contributed by atoms with E-state index in [1.807, 2.05) is 12.1 Å². The van der Waals surface area contributed by atoms with E-state index in [9.17, 15) is 0 Å². The molecule has 1 aromatic heterocycles. The number of rotatable bonds is 5. The van der Waals surface area contributed by atoms with E-state index in [0.29, 0.717) is 17.6 Å². The molecular weight excluding hydrogens is 264 g/mol. The van der Waals surface area contributed by atoms with Crippen LogP contribution in [0.2, 0.25) is 5.02 Å². The number of benzene rings is 1. The van der Waals surface area contributed by atoms with E-state index in [1.54, 1.807) is 24.1 Å². The molecule has 19 heavy (non-hydrogen) atoms. The average molecular weight is 281 g/mol. The molecule has 0 bridgehead atoms. The zero-order chi connectivity index (χ0) is 13.8. The first-order valence-electron chi connectivity index (χ1n) is 6.08. The lowest BCUT2D eigenvalue weighted by Gasteiger charge is -2.11. The quantitative estimate of drug-likeness (QED) is 0.914. The fraction of sp³-hybridized carbons (Fsp3) is 0.385. The number of aromatic nitrogens is 3. The molecule has 102 valence electrons. The molecule has 0 aliphatic carbocycles. The molecule has 0 fully saturated rings. The molecule has 1 aromatic carbocycles. The maximum atomic E-state index is 6.21. The summed E-state index contributed by atoms with van der Waals surface area (Å²) in [6.07, 6.45) is 1.73. The zero-order valence-electron chi connectivity index (χ0n) is 11.2. The molecule has 6 heteroatoms. The summed E-state index contributed by atoms with van der Waals surface area (Å²) in [7, 11) is 1.62. The lowest BCUT2D eigenvalue weighted by molar-refractivity contribution is 0.414. The third-order valence-electron chi connectivity index (χ3n) is 2.69. The molecule has 0 unspecified atom stereocenters. The van der Waals surface area contributed by atoms with Gasteiger partial charge in [0.25, 0.3) is 0 Å². The molecular formula is C13H17ClN4O. The highest BCUT2D eigenvalue weighted by Gasteiger charge is 2.11. The first kappa shape index (κ1) is 13.8. The Morgan fingerprint density at radius 2 is 2.21 bits per heavy atom. The van der Waals surface area contributed by atoms with Crippen LogP contribution in [0.5, 0.6) is 5.75 Å². The van der Waals surface area contributed by atoms with Crippen molar-refractivity contribution in [2.75, 3.05) is 7.11 Å². The van der Waals surface area contributed by atoms with Gasteiger partial charge in [0.15, 0.2) is 0 Å². The molecule has 0 saturated carbocycles. The standard InChI is InChI=1S/C13H17ClN4O/c1-9(2)15-7-10-8-16-17-18(10)13-6-11(19-3)4-5-12(13)14/h4-6,8-9,15H,7H2,1-3H3. The van der Waals surface area contributed by atoms with E-state index in [1.165, 1.54) is 0 Å². The zero-order valence-corrected chi connectivity index (χ0v) is 12.0. The van der Waals surface area contributed by atoms with Crippen LogP contribution in [0.1, 0.15) is 19.5 Å². The summed E-state index contributed by atoms with van der Waals surface area (Å²) in [6.45, 7) is 4.86. The minimum Gasteiger partial charge on any atom is -0.497 e. The number of methoxy groups -OCH3 is 1. The van der Waals surface area contributed by atoms with Crippen LogP contribution < -0.4 is 10.1 Å². The van der Waals surface area contributed by atoms with Crippen LogP contribution in [0, 0.1) is 0 Å². The predicted molar refractivity (Wildman–Crippen MR) is 74.9 cm³/mol. The Balaban J connectivity index is 2.33. The summed E-state index contributed by atoms with van der Waals surface area (Å²) in [5.41, 5.74) is 1.71. The Hall–Kier alpha value is -1.59. The summed E-state index contributed by atoms with van der Waals surface area (Å²) in [5.74, 6) is 0.734. The lowest BCUT2D eigenvalue weighted by atomic mass is 10.3. The van der Waals surface area contributed by atoms with Crippen molar-refractivity contribution in [2.45, 2.75) is 26.4 Å². The van der Waals surface area contributed by atoms with Crippen LogP contribution >= 0.6 is 11.6 Å². The van der Waals surface area contributed by atoms with Crippen LogP contribution in [-0.4, -0.2) is 28.1 Å². The molecule has 0 aliphatic rings. The van der Waals surface area contributed by atoms with E-state index in [2.05, 4.69) is 29.5 Å². The van der Waals surface area contributed by atoms with Gasteiger partial charge in [-0.15, -0.1) is 5.10 Å². The summed E-state index contributed by atoms with van der Waals surface area (Å²) in [4.78, 5) is 0. The summed E-state index contributed by atoms with van der Waals surface area (Å²) in [5, 5.41) is 12.0. The Morgan fingerprint density at radius 1 is 1.42 bits per heavy atom. The Kier molecular flexibility index (Phi) is 4.39. The molecule has 0 spiro atoms. The third-order valence-corrected chi connectivity index (χ3v) is 3.01. The molecule has 1 N–H and O–H groups in total. The van der Waals surface area contributed by atoms with E-state index < -0.39 is 0 Å². The third kappa shape index (κ3) is 3.24. The van der Waals surface area contributed by atoms with Crippen molar-refractivity contribution >= 4 is 11.6 Å². The molecule has 0 aliphatic heterocycles. The van der Waals surface area contributed by atoms with Crippen LogP contribution in [0.25, 0.3) is 5.69 Å². The van der Waals surface area contributed by atoms with Crippen LogP contribution in [0.4, 0.5) is 0 Å². The van der Waals surface area contributed by atoms with Gasteiger partial charge in [-0.2, -0.15) is 0 Å². The molecule has 0 saturated heterocycles. The number of nitrogens with one attached hydrogen (secondary N) is 1. The molecule has 1 heterocycles. The SMILES string of the molecule is COc1ccc(Cl)c(-n2nncc2CNC(C)C)c1. The van der Waals surface area contributed by atoms with Gasteiger partial charge in [0, 0.05) is 18.7 Å². The second-order valence-corrected chi connectivity index (χ2v) is 4.90. The Morgan fingerprint density at radius 3 is 2.89 bits per heavy atom. The highest BCUT2D eigenvalue weighted by atomic mass is 35.5. The van der Waals surface area contributed by atoms with Gasteiger partial charge in [-0.1, -0.05) is 30.7 Å². The maximum absolute atomic E-state index is 6.21. The van der Waals surface area contributed by atoms with Crippen molar-refractivity contribution in [3.05, 3.63) is 35.1 Å². The highest BCUT2D eigenvalue weighted by molar-refractivity contribution is 6.32. The maximum Gasteiger partial charge on any atom is 0.121 e. The molecule has 2 rings (SSSR count). The van der Waals surface area contributed by atoms with Gasteiger partial charge in [-0.25, -0.2) is 4.68 Å². The lowest BCUT2D eigenvalue weighted by Crippen LogP contribution is -2.23. The Labute approximate surface area is 117 Å². The normalized spacial score (nSPS) is 11.0. The smallest absolute Gasteiger partial charge is 0.121 e. The summed E-state index contributed by atoms with van der Waals surface area (Å²) < 4.78 is 6.93. The van der Waals surface area contributed by atoms with E-state index in [0.717, 1.165) is 17.1 Å². The van der Waals surface area contributed by atoms with Gasteiger partial charge in [0.05, 0.1) is 29.7 Å². The van der Waals surface area contributed by atoms with Crippen molar-refractivity contribution in [3.63, 3.8) is 0 Å². The molecule has 0 radical (unpaired) electrons. The van der Waals surface area contributed by atoms with E-state index in [4.69, 9.17) is 16.3 Å². The predicted octanol–water partition coefficient (Wildman–Crippen LogP) is 2.43. The number of hydrogen-bond acceptors (Lipinski definition) is 4. The summed E-state index contributed by atoms with van der Waals surface area (Å²) >= 11 is 6.21. The van der Waals surface area contributed by atoms with Crippen molar-refractivity contribution in [3.8, 4) is 11.4 Å². The fourth-order valence-electron chi connectivity index (χ4n) is 1.67. The average Bonchev–Trinajstić information content (AvgIpc) is 2.85. The second kappa shape index (κ2) is 6.04. The first-order valence-corrected chi connectivity index (χ1v) is 6.46. The van der Waals surface area contributed by atoms with E-state index in [-0.39, 0.29) is 0 Å². The minimum atomic E-state index is 0.393. The van der Waals surface area contributed by atoms with Gasteiger partial charge >= 0.3 is 0 Å². The molecule has 2 aromatic rings. The monoisotopic (exact) mass is 280 g/mol. The van der Waals surface area contributed by atoms with Gasteiger partial charge in [-0.3, -0.25) is 0 Å². The van der Waals surface area contributed by atoms with Crippen LogP contribution in [0.3, 0.4) is 0 Å². The first-order chi connectivity index (χ1) is 9.11.